The highest BCUT2D eigenvalue weighted by molar-refractivity contribution is 14.1. The molecule has 1 aromatic heterocycles. The standard InChI is InChI=1S/C16H12IN3/c1-18-10-13(11-6-3-2-4-7-11)15-12-8-5-9-14(17)16(12)20-19-15/h2-9,13H,10H2,(H,19,20). The van der Waals surface area contributed by atoms with Crippen LogP contribution in [0.4, 0.5) is 0 Å². The van der Waals surface area contributed by atoms with Gasteiger partial charge in [-0.05, 0) is 34.2 Å². The summed E-state index contributed by atoms with van der Waals surface area (Å²) in [7, 11) is 0. The van der Waals surface area contributed by atoms with Gasteiger partial charge in [0.05, 0.1) is 11.6 Å². The van der Waals surface area contributed by atoms with Crippen molar-refractivity contribution in [2.75, 3.05) is 6.54 Å². The maximum Gasteiger partial charge on any atom is 0.227 e. The van der Waals surface area contributed by atoms with E-state index in [2.05, 4.69) is 55.8 Å². The number of halogens is 1. The third-order valence-electron chi connectivity index (χ3n) is 3.39. The van der Waals surface area contributed by atoms with Crippen molar-refractivity contribution < 1.29 is 0 Å². The Balaban J connectivity index is 2.16. The number of fused-ring (bicyclic) bond motifs is 1. The zero-order valence-electron chi connectivity index (χ0n) is 10.7. The van der Waals surface area contributed by atoms with E-state index in [0.29, 0.717) is 6.54 Å². The van der Waals surface area contributed by atoms with Crippen molar-refractivity contribution in [1.82, 2.24) is 10.2 Å². The lowest BCUT2D eigenvalue weighted by Crippen LogP contribution is -2.05. The summed E-state index contributed by atoms with van der Waals surface area (Å²) >= 11 is 2.29. The van der Waals surface area contributed by atoms with Gasteiger partial charge in [-0.15, -0.1) is 0 Å². The van der Waals surface area contributed by atoms with Crippen LogP contribution in [0, 0.1) is 10.1 Å². The van der Waals surface area contributed by atoms with Gasteiger partial charge >= 0.3 is 0 Å². The summed E-state index contributed by atoms with van der Waals surface area (Å²) in [5, 5.41) is 8.66. The molecule has 1 heterocycles. The molecule has 0 aliphatic heterocycles. The van der Waals surface area contributed by atoms with Crippen LogP contribution >= 0.6 is 22.6 Å². The van der Waals surface area contributed by atoms with Crippen molar-refractivity contribution in [3.8, 4) is 0 Å². The molecule has 0 radical (unpaired) electrons. The van der Waals surface area contributed by atoms with E-state index < -0.39 is 0 Å². The Labute approximate surface area is 131 Å². The molecule has 4 heteroatoms. The van der Waals surface area contributed by atoms with E-state index >= 15 is 0 Å². The van der Waals surface area contributed by atoms with Crippen LogP contribution in [0.15, 0.2) is 48.5 Å². The number of rotatable bonds is 3. The Kier molecular flexibility index (Phi) is 3.70. The lowest BCUT2D eigenvalue weighted by atomic mass is 9.94. The maximum absolute atomic E-state index is 7.22. The van der Waals surface area contributed by atoms with E-state index in [-0.39, 0.29) is 5.92 Å². The fourth-order valence-corrected chi connectivity index (χ4v) is 3.05. The van der Waals surface area contributed by atoms with Crippen LogP contribution in [0.3, 0.4) is 0 Å². The zero-order chi connectivity index (χ0) is 13.9. The number of aromatic amines is 1. The molecule has 3 nitrogen and oxygen atoms in total. The second-order valence-electron chi connectivity index (χ2n) is 4.58. The molecule has 0 saturated carbocycles. The molecular formula is C16H12IN3. The summed E-state index contributed by atoms with van der Waals surface area (Å²) in [6.07, 6.45) is 0. The Morgan fingerprint density at radius 2 is 1.95 bits per heavy atom. The van der Waals surface area contributed by atoms with Crippen LogP contribution in [0.2, 0.25) is 0 Å². The number of aromatic nitrogens is 2. The molecule has 20 heavy (non-hydrogen) atoms. The lowest BCUT2D eigenvalue weighted by Gasteiger charge is -2.10. The Bertz CT molecular complexity index is 771. The first-order valence-corrected chi connectivity index (χ1v) is 7.40. The first-order valence-electron chi connectivity index (χ1n) is 6.32. The predicted molar refractivity (Wildman–Crippen MR) is 88.6 cm³/mol. The van der Waals surface area contributed by atoms with E-state index in [1.165, 1.54) is 0 Å². The molecule has 3 aromatic rings. The van der Waals surface area contributed by atoms with Gasteiger partial charge in [0, 0.05) is 8.96 Å². The number of nitrogens with zero attached hydrogens (tertiary/aromatic N) is 2. The smallest absolute Gasteiger partial charge is 0.227 e. The fourth-order valence-electron chi connectivity index (χ4n) is 2.43. The molecule has 0 amide bonds. The number of hydrogen-bond acceptors (Lipinski definition) is 1. The van der Waals surface area contributed by atoms with Gasteiger partial charge in [0.1, 0.15) is 5.52 Å². The van der Waals surface area contributed by atoms with Crippen LogP contribution in [-0.4, -0.2) is 16.7 Å². The van der Waals surface area contributed by atoms with Gasteiger partial charge in [-0.3, -0.25) is 5.10 Å². The molecule has 0 spiro atoms. The highest BCUT2D eigenvalue weighted by Gasteiger charge is 2.22. The van der Waals surface area contributed by atoms with Crippen LogP contribution in [0.5, 0.6) is 0 Å². The number of H-pyrrole nitrogens is 1. The summed E-state index contributed by atoms with van der Waals surface area (Å²) in [5.41, 5.74) is 3.16. The van der Waals surface area contributed by atoms with Gasteiger partial charge in [0.15, 0.2) is 0 Å². The Morgan fingerprint density at radius 1 is 1.15 bits per heavy atom. The van der Waals surface area contributed by atoms with E-state index in [1.807, 2.05) is 30.3 Å². The second kappa shape index (κ2) is 5.63. The zero-order valence-corrected chi connectivity index (χ0v) is 12.8. The average molecular weight is 373 g/mol. The molecule has 0 aliphatic carbocycles. The minimum absolute atomic E-state index is 0.0388. The Hall–Kier alpha value is -1.87. The monoisotopic (exact) mass is 373 g/mol. The predicted octanol–water partition coefficient (Wildman–Crippen LogP) is 4.22. The van der Waals surface area contributed by atoms with E-state index in [1.54, 1.807) is 0 Å². The average Bonchev–Trinajstić information content (AvgIpc) is 2.91. The van der Waals surface area contributed by atoms with Crippen LogP contribution in [0.1, 0.15) is 17.2 Å². The summed E-state index contributed by atoms with van der Waals surface area (Å²) in [6.45, 7) is 7.65. The SMILES string of the molecule is [C-]#[N+]CC(c1ccccc1)c1[nH]nc2c(I)cccc12. The minimum Gasteiger partial charge on any atom is -0.316 e. The van der Waals surface area contributed by atoms with Crippen molar-refractivity contribution in [2.45, 2.75) is 5.92 Å². The van der Waals surface area contributed by atoms with Gasteiger partial charge in [-0.25, -0.2) is 6.57 Å². The number of hydrogen-bond donors (Lipinski definition) is 1. The highest BCUT2D eigenvalue weighted by Crippen LogP contribution is 2.30. The topological polar surface area (TPSA) is 33.0 Å². The van der Waals surface area contributed by atoms with Crippen molar-refractivity contribution in [2.24, 2.45) is 0 Å². The second-order valence-corrected chi connectivity index (χ2v) is 5.74. The molecule has 0 aliphatic rings. The van der Waals surface area contributed by atoms with Crippen molar-refractivity contribution in [1.29, 1.82) is 0 Å². The van der Waals surface area contributed by atoms with Gasteiger partial charge in [0.2, 0.25) is 6.54 Å². The van der Waals surface area contributed by atoms with Gasteiger partial charge in [-0.2, -0.15) is 5.10 Å². The van der Waals surface area contributed by atoms with Crippen LogP contribution in [0.25, 0.3) is 15.7 Å². The van der Waals surface area contributed by atoms with Gasteiger partial charge in [0.25, 0.3) is 0 Å². The normalized spacial score (nSPS) is 12.2. The molecule has 0 bridgehead atoms. The minimum atomic E-state index is 0.0388. The van der Waals surface area contributed by atoms with E-state index in [9.17, 15) is 0 Å². The first kappa shape index (κ1) is 13.1. The third kappa shape index (κ3) is 2.29. The highest BCUT2D eigenvalue weighted by atomic mass is 127. The summed E-state index contributed by atoms with van der Waals surface area (Å²) in [4.78, 5) is 3.60. The third-order valence-corrected chi connectivity index (χ3v) is 4.26. The molecule has 0 fully saturated rings. The number of nitrogens with one attached hydrogen (secondary N) is 1. The molecule has 1 unspecified atom stereocenters. The molecule has 98 valence electrons. The largest absolute Gasteiger partial charge is 0.316 e. The van der Waals surface area contributed by atoms with Crippen molar-refractivity contribution in [3.05, 3.63) is 74.8 Å². The molecular weight excluding hydrogens is 361 g/mol. The quantitative estimate of drug-likeness (QED) is 0.541. The Morgan fingerprint density at radius 3 is 2.70 bits per heavy atom. The van der Waals surface area contributed by atoms with Crippen LogP contribution < -0.4 is 0 Å². The fraction of sp³-hybridized carbons (Fsp3) is 0.125. The van der Waals surface area contributed by atoms with Crippen LogP contribution in [-0.2, 0) is 0 Å². The van der Waals surface area contributed by atoms with Crippen molar-refractivity contribution >= 4 is 33.5 Å². The molecule has 1 N–H and O–H groups in total. The lowest BCUT2D eigenvalue weighted by molar-refractivity contribution is 0.836. The number of para-hydroxylation sites is 1. The first-order chi connectivity index (χ1) is 9.81. The van der Waals surface area contributed by atoms with Crippen molar-refractivity contribution in [3.63, 3.8) is 0 Å². The maximum atomic E-state index is 7.22. The summed E-state index contributed by atoms with van der Waals surface area (Å²) < 4.78 is 1.12. The van der Waals surface area contributed by atoms with E-state index in [0.717, 1.165) is 25.7 Å². The summed E-state index contributed by atoms with van der Waals surface area (Å²) in [5.74, 6) is 0.0388. The molecule has 1 atom stereocenters. The van der Waals surface area contributed by atoms with E-state index in [4.69, 9.17) is 6.57 Å². The summed E-state index contributed by atoms with van der Waals surface area (Å²) in [6, 6.07) is 16.3. The van der Waals surface area contributed by atoms with Gasteiger partial charge < -0.3 is 4.85 Å². The molecule has 2 aromatic carbocycles. The van der Waals surface area contributed by atoms with Gasteiger partial charge in [-0.1, -0.05) is 42.5 Å². The molecule has 3 rings (SSSR count). The molecule has 0 saturated heterocycles. The number of benzene rings is 2.